The number of thiophene rings is 1. The van der Waals surface area contributed by atoms with Gasteiger partial charge in [0.2, 0.25) is 5.91 Å². The van der Waals surface area contributed by atoms with Crippen LogP contribution in [-0.2, 0) is 11.3 Å². The zero-order valence-corrected chi connectivity index (χ0v) is 13.5. The van der Waals surface area contributed by atoms with Crippen molar-refractivity contribution in [2.75, 3.05) is 13.6 Å². The van der Waals surface area contributed by atoms with Gasteiger partial charge in [-0.1, -0.05) is 25.4 Å². The molecule has 1 aromatic heterocycles. The molecule has 0 aliphatic heterocycles. The van der Waals surface area contributed by atoms with Crippen molar-refractivity contribution in [1.29, 1.82) is 0 Å². The molecule has 0 spiro atoms. The highest BCUT2D eigenvalue weighted by atomic mass is 35.5. The second-order valence-corrected chi connectivity index (χ2v) is 7.46. The van der Waals surface area contributed by atoms with E-state index in [1.54, 1.807) is 4.90 Å². The number of nitrogens with two attached hydrogens (primary N) is 1. The molecule has 1 amide bonds. The van der Waals surface area contributed by atoms with Crippen LogP contribution in [-0.4, -0.2) is 24.4 Å². The monoisotopic (exact) mass is 302 g/mol. The van der Waals surface area contributed by atoms with Crippen LogP contribution in [0, 0.1) is 5.41 Å². The Hall–Kier alpha value is -0.580. The predicted octanol–water partition coefficient (Wildman–Crippen LogP) is 3.52. The van der Waals surface area contributed by atoms with E-state index < -0.39 is 0 Å². The van der Waals surface area contributed by atoms with Crippen LogP contribution in [0.2, 0.25) is 4.34 Å². The molecular formula is C14H23ClN2OS. The number of hydrogen-bond acceptors (Lipinski definition) is 3. The number of rotatable bonds is 7. The Morgan fingerprint density at radius 3 is 2.63 bits per heavy atom. The second-order valence-electron chi connectivity index (χ2n) is 5.66. The molecule has 0 fully saturated rings. The summed E-state index contributed by atoms with van der Waals surface area (Å²) in [4.78, 5) is 14.9. The highest BCUT2D eigenvalue weighted by Gasteiger charge is 2.19. The first-order valence-corrected chi connectivity index (χ1v) is 7.72. The molecule has 0 atom stereocenters. The van der Waals surface area contributed by atoms with Gasteiger partial charge >= 0.3 is 0 Å². The Bertz CT molecular complexity index is 417. The number of hydrogen-bond donors (Lipinski definition) is 1. The van der Waals surface area contributed by atoms with Gasteiger partial charge in [-0.3, -0.25) is 4.79 Å². The molecule has 108 valence electrons. The first-order chi connectivity index (χ1) is 8.84. The Morgan fingerprint density at radius 1 is 1.42 bits per heavy atom. The molecule has 0 aliphatic rings. The molecule has 5 heteroatoms. The molecule has 0 unspecified atom stereocenters. The van der Waals surface area contributed by atoms with E-state index in [2.05, 4.69) is 13.8 Å². The van der Waals surface area contributed by atoms with Crippen LogP contribution in [0.25, 0.3) is 0 Å². The average Bonchev–Trinajstić information content (AvgIpc) is 2.71. The summed E-state index contributed by atoms with van der Waals surface area (Å²) in [6.45, 7) is 5.62. The van der Waals surface area contributed by atoms with Crippen LogP contribution in [0.15, 0.2) is 12.1 Å². The van der Waals surface area contributed by atoms with Crippen molar-refractivity contribution in [3.63, 3.8) is 0 Å². The van der Waals surface area contributed by atoms with Crippen LogP contribution in [0.4, 0.5) is 0 Å². The summed E-state index contributed by atoms with van der Waals surface area (Å²) in [5.74, 6) is 0.176. The second kappa shape index (κ2) is 7.27. The lowest BCUT2D eigenvalue weighted by molar-refractivity contribution is -0.131. The van der Waals surface area contributed by atoms with E-state index in [1.807, 2.05) is 19.2 Å². The molecule has 1 heterocycles. The lowest BCUT2D eigenvalue weighted by Crippen LogP contribution is -2.27. The molecule has 2 N–H and O–H groups in total. The normalized spacial score (nSPS) is 11.6. The van der Waals surface area contributed by atoms with Crippen molar-refractivity contribution in [3.8, 4) is 0 Å². The van der Waals surface area contributed by atoms with Crippen molar-refractivity contribution >= 4 is 28.8 Å². The van der Waals surface area contributed by atoms with Crippen molar-refractivity contribution in [2.24, 2.45) is 11.1 Å². The van der Waals surface area contributed by atoms with Gasteiger partial charge in [-0.15, -0.1) is 11.3 Å². The van der Waals surface area contributed by atoms with E-state index in [9.17, 15) is 4.79 Å². The van der Waals surface area contributed by atoms with E-state index in [-0.39, 0.29) is 11.3 Å². The molecule has 0 bridgehead atoms. The summed E-state index contributed by atoms with van der Waals surface area (Å²) in [7, 11) is 1.84. The Morgan fingerprint density at radius 2 is 2.11 bits per heavy atom. The topological polar surface area (TPSA) is 46.3 Å². The van der Waals surface area contributed by atoms with E-state index in [0.717, 1.165) is 22.1 Å². The van der Waals surface area contributed by atoms with Gasteiger partial charge in [-0.25, -0.2) is 0 Å². The van der Waals surface area contributed by atoms with Crippen LogP contribution in [0.1, 0.15) is 38.0 Å². The summed E-state index contributed by atoms with van der Waals surface area (Å²) in [6.07, 6.45) is 2.39. The van der Waals surface area contributed by atoms with Crippen LogP contribution in [0.3, 0.4) is 0 Å². The van der Waals surface area contributed by atoms with Gasteiger partial charge < -0.3 is 10.6 Å². The molecule has 0 aromatic carbocycles. The highest BCUT2D eigenvalue weighted by Crippen LogP contribution is 2.27. The zero-order chi connectivity index (χ0) is 14.5. The van der Waals surface area contributed by atoms with Gasteiger partial charge in [0.25, 0.3) is 0 Å². The minimum atomic E-state index is 0.136. The van der Waals surface area contributed by atoms with Crippen LogP contribution in [0.5, 0.6) is 0 Å². The maximum atomic E-state index is 12.1. The summed E-state index contributed by atoms with van der Waals surface area (Å²) < 4.78 is 0.764. The first-order valence-electron chi connectivity index (χ1n) is 6.52. The number of halogens is 1. The molecule has 0 saturated carbocycles. The fourth-order valence-corrected chi connectivity index (χ4v) is 3.05. The molecule has 3 nitrogen and oxygen atoms in total. The quantitative estimate of drug-likeness (QED) is 0.837. The standard InChI is InChI=1S/C14H23ClN2OS/c1-14(2,8-9-16)7-6-13(18)17(3)10-11-4-5-12(15)19-11/h4-5H,6-10,16H2,1-3H3. The third-order valence-electron chi connectivity index (χ3n) is 3.28. The lowest BCUT2D eigenvalue weighted by Gasteiger charge is -2.25. The first kappa shape index (κ1) is 16.5. The Balaban J connectivity index is 2.40. The van der Waals surface area contributed by atoms with E-state index in [0.29, 0.717) is 19.5 Å². The molecule has 1 aromatic rings. The molecule has 0 saturated heterocycles. The van der Waals surface area contributed by atoms with E-state index >= 15 is 0 Å². The third-order valence-corrected chi connectivity index (χ3v) is 4.50. The third kappa shape index (κ3) is 5.93. The number of carbonyl (C=O) groups is 1. The largest absolute Gasteiger partial charge is 0.341 e. The van der Waals surface area contributed by atoms with Crippen molar-refractivity contribution < 1.29 is 4.79 Å². The van der Waals surface area contributed by atoms with Gasteiger partial charge in [0.1, 0.15) is 0 Å². The lowest BCUT2D eigenvalue weighted by atomic mass is 9.84. The summed E-state index contributed by atoms with van der Waals surface area (Å²) >= 11 is 7.40. The zero-order valence-electron chi connectivity index (χ0n) is 11.9. The number of carbonyl (C=O) groups excluding carboxylic acids is 1. The predicted molar refractivity (Wildman–Crippen MR) is 82.5 cm³/mol. The maximum Gasteiger partial charge on any atom is 0.222 e. The van der Waals surface area contributed by atoms with Crippen molar-refractivity contribution in [1.82, 2.24) is 4.90 Å². The summed E-state index contributed by atoms with van der Waals surface area (Å²) in [5.41, 5.74) is 5.72. The summed E-state index contributed by atoms with van der Waals surface area (Å²) in [6, 6.07) is 3.83. The molecule has 19 heavy (non-hydrogen) atoms. The van der Waals surface area contributed by atoms with Gasteiger partial charge in [0.15, 0.2) is 0 Å². The van der Waals surface area contributed by atoms with E-state index in [1.165, 1.54) is 11.3 Å². The van der Waals surface area contributed by atoms with Gasteiger partial charge in [-0.2, -0.15) is 0 Å². The van der Waals surface area contributed by atoms with Crippen molar-refractivity contribution in [3.05, 3.63) is 21.3 Å². The minimum Gasteiger partial charge on any atom is -0.341 e. The van der Waals surface area contributed by atoms with Crippen molar-refractivity contribution in [2.45, 2.75) is 39.7 Å². The van der Waals surface area contributed by atoms with Crippen LogP contribution >= 0.6 is 22.9 Å². The number of amides is 1. The molecule has 1 rings (SSSR count). The maximum absolute atomic E-state index is 12.1. The highest BCUT2D eigenvalue weighted by molar-refractivity contribution is 7.16. The van der Waals surface area contributed by atoms with Gasteiger partial charge in [0.05, 0.1) is 10.9 Å². The smallest absolute Gasteiger partial charge is 0.222 e. The fraction of sp³-hybridized carbons (Fsp3) is 0.643. The molecule has 0 aliphatic carbocycles. The minimum absolute atomic E-state index is 0.136. The van der Waals surface area contributed by atoms with Gasteiger partial charge in [0, 0.05) is 18.3 Å². The Kier molecular flexibility index (Phi) is 6.30. The van der Waals surface area contributed by atoms with Gasteiger partial charge in [-0.05, 0) is 36.9 Å². The molecule has 0 radical (unpaired) electrons. The molecular weight excluding hydrogens is 280 g/mol. The van der Waals surface area contributed by atoms with Crippen LogP contribution < -0.4 is 5.73 Å². The van der Waals surface area contributed by atoms with E-state index in [4.69, 9.17) is 17.3 Å². The fourth-order valence-electron chi connectivity index (χ4n) is 1.91. The summed E-state index contributed by atoms with van der Waals surface area (Å²) in [5, 5.41) is 0. The average molecular weight is 303 g/mol. The number of nitrogens with zero attached hydrogens (tertiary/aromatic N) is 1. The SMILES string of the molecule is CN(Cc1ccc(Cl)s1)C(=O)CCC(C)(C)CCN. The Labute approximate surface area is 124 Å².